The number of allylic oxidation sites excluding steroid dienone is 2. The van der Waals surface area contributed by atoms with Gasteiger partial charge in [0.05, 0.1) is 17.5 Å². The van der Waals surface area contributed by atoms with E-state index < -0.39 is 11.8 Å². The van der Waals surface area contributed by atoms with Crippen LogP contribution in [-0.4, -0.2) is 11.8 Å². The Morgan fingerprint density at radius 2 is 1.08 bits per heavy atom. The number of fused-ring (bicyclic) bond motifs is 4. The quantitative estimate of drug-likeness (QED) is 0.215. The minimum Gasteiger partial charge on any atom is -0.456 e. The van der Waals surface area contributed by atoms with Crippen molar-refractivity contribution in [1.29, 1.82) is 0 Å². The highest BCUT2D eigenvalue weighted by Crippen LogP contribution is 2.50. The number of carbonyl (C=O) groups excluding carboxylic acids is 2. The summed E-state index contributed by atoms with van der Waals surface area (Å²) in [7, 11) is 0. The van der Waals surface area contributed by atoms with Crippen LogP contribution in [-0.2, 0) is 9.59 Å². The fourth-order valence-electron chi connectivity index (χ4n) is 6.04. The molecule has 2 amide bonds. The number of imide groups is 1. The van der Waals surface area contributed by atoms with Crippen LogP contribution in [0.5, 0.6) is 0 Å². The molecule has 4 nitrogen and oxygen atoms in total. The van der Waals surface area contributed by atoms with Gasteiger partial charge in [-0.05, 0) is 29.3 Å². The van der Waals surface area contributed by atoms with Gasteiger partial charge in [0.25, 0.3) is 0 Å². The molecule has 4 aromatic carbocycles. The standard InChI is InChI=1S/C32H23NO3/c34-31-29-23(20-9-3-1-4-10-20)17-18-24(21-11-5-2-6-12-21)30(29)32(35)33(31)22-15-16-26-25-13-7-8-14-27(25)36-28(26)19-22/h1-19,23-24,29-30H/t23-,24-,29-,30+/m1/s1. The van der Waals surface area contributed by atoms with E-state index in [9.17, 15) is 9.59 Å². The van der Waals surface area contributed by atoms with E-state index in [1.54, 1.807) is 0 Å². The molecule has 0 saturated carbocycles. The molecular weight excluding hydrogens is 446 g/mol. The molecule has 5 aromatic rings. The summed E-state index contributed by atoms with van der Waals surface area (Å²) in [5.74, 6) is -1.57. The third-order valence-corrected chi connectivity index (χ3v) is 7.69. The summed E-state index contributed by atoms with van der Waals surface area (Å²) in [6.07, 6.45) is 4.23. The number of hydrogen-bond acceptors (Lipinski definition) is 3. The lowest BCUT2D eigenvalue weighted by atomic mass is 9.68. The molecule has 0 unspecified atom stereocenters. The van der Waals surface area contributed by atoms with Crippen molar-refractivity contribution < 1.29 is 14.0 Å². The Kier molecular flexibility index (Phi) is 4.68. The second-order valence-corrected chi connectivity index (χ2v) is 9.60. The number of hydrogen-bond donors (Lipinski definition) is 0. The molecule has 1 aromatic heterocycles. The lowest BCUT2D eigenvalue weighted by Crippen LogP contribution is -2.31. The van der Waals surface area contributed by atoms with E-state index >= 15 is 0 Å². The first kappa shape index (κ1) is 20.9. The van der Waals surface area contributed by atoms with Gasteiger partial charge in [-0.1, -0.05) is 91.0 Å². The first-order chi connectivity index (χ1) is 17.7. The van der Waals surface area contributed by atoms with Crippen LogP contribution in [0.4, 0.5) is 5.69 Å². The Morgan fingerprint density at radius 3 is 1.69 bits per heavy atom. The summed E-state index contributed by atoms with van der Waals surface area (Å²) in [6.45, 7) is 0. The van der Waals surface area contributed by atoms with Crippen LogP contribution in [0.1, 0.15) is 23.0 Å². The minimum absolute atomic E-state index is 0.153. The van der Waals surface area contributed by atoms with Crippen LogP contribution >= 0.6 is 0 Å². The number of amides is 2. The molecule has 2 aliphatic rings. The highest BCUT2D eigenvalue weighted by atomic mass is 16.3. The Bertz CT molecular complexity index is 1580. The Hall–Kier alpha value is -4.44. The topological polar surface area (TPSA) is 50.5 Å². The van der Waals surface area contributed by atoms with Gasteiger partial charge in [0.1, 0.15) is 11.2 Å². The van der Waals surface area contributed by atoms with Gasteiger partial charge in [-0.15, -0.1) is 0 Å². The van der Waals surface area contributed by atoms with Gasteiger partial charge in [-0.25, -0.2) is 4.90 Å². The molecule has 2 heterocycles. The lowest BCUT2D eigenvalue weighted by molar-refractivity contribution is -0.122. The molecule has 0 bridgehead atoms. The zero-order valence-corrected chi connectivity index (χ0v) is 19.5. The maximum atomic E-state index is 14.1. The molecule has 1 saturated heterocycles. The molecule has 0 spiro atoms. The molecule has 1 aliphatic heterocycles. The van der Waals surface area contributed by atoms with Gasteiger partial charge >= 0.3 is 0 Å². The van der Waals surface area contributed by atoms with Crippen molar-refractivity contribution in [3.05, 3.63) is 126 Å². The van der Waals surface area contributed by atoms with Crippen molar-refractivity contribution >= 4 is 39.4 Å². The molecule has 174 valence electrons. The summed E-state index contributed by atoms with van der Waals surface area (Å²) in [5.41, 5.74) is 4.11. The predicted molar refractivity (Wildman–Crippen MR) is 141 cm³/mol. The van der Waals surface area contributed by atoms with Crippen molar-refractivity contribution in [2.24, 2.45) is 11.8 Å². The maximum Gasteiger partial charge on any atom is 0.238 e. The summed E-state index contributed by atoms with van der Waals surface area (Å²) < 4.78 is 6.06. The Morgan fingerprint density at radius 1 is 0.556 bits per heavy atom. The van der Waals surface area contributed by atoms with E-state index in [-0.39, 0.29) is 23.7 Å². The van der Waals surface area contributed by atoms with Gasteiger partial charge < -0.3 is 4.42 Å². The molecule has 7 rings (SSSR count). The number of rotatable bonds is 3. The fourth-order valence-corrected chi connectivity index (χ4v) is 6.04. The molecular formula is C32H23NO3. The van der Waals surface area contributed by atoms with Crippen molar-refractivity contribution in [3.8, 4) is 0 Å². The van der Waals surface area contributed by atoms with E-state index in [0.717, 1.165) is 27.5 Å². The average Bonchev–Trinajstić information content (AvgIpc) is 3.43. The van der Waals surface area contributed by atoms with E-state index in [2.05, 4.69) is 12.2 Å². The molecule has 1 fully saturated rings. The lowest BCUT2D eigenvalue weighted by Gasteiger charge is -2.32. The zero-order valence-electron chi connectivity index (χ0n) is 19.5. The minimum atomic E-state index is -0.471. The van der Waals surface area contributed by atoms with Crippen molar-refractivity contribution in [3.63, 3.8) is 0 Å². The smallest absolute Gasteiger partial charge is 0.238 e. The van der Waals surface area contributed by atoms with E-state index in [1.807, 2.05) is 103 Å². The van der Waals surface area contributed by atoms with Crippen molar-refractivity contribution in [2.45, 2.75) is 11.8 Å². The Balaban J connectivity index is 1.36. The molecule has 36 heavy (non-hydrogen) atoms. The van der Waals surface area contributed by atoms with Crippen LogP contribution in [0.25, 0.3) is 21.9 Å². The first-order valence-corrected chi connectivity index (χ1v) is 12.3. The van der Waals surface area contributed by atoms with Crippen LogP contribution in [0.3, 0.4) is 0 Å². The molecule has 4 heteroatoms. The molecule has 0 radical (unpaired) electrons. The Labute approximate surface area is 208 Å². The number of para-hydroxylation sites is 1. The van der Waals surface area contributed by atoms with Gasteiger partial charge in [0.2, 0.25) is 11.8 Å². The summed E-state index contributed by atoms with van der Waals surface area (Å²) in [6, 6.07) is 33.5. The van der Waals surface area contributed by atoms with E-state index in [1.165, 1.54) is 4.90 Å². The van der Waals surface area contributed by atoms with Gasteiger partial charge in [0, 0.05) is 28.7 Å². The highest BCUT2D eigenvalue weighted by Gasteiger charge is 2.55. The van der Waals surface area contributed by atoms with Crippen LogP contribution in [0.2, 0.25) is 0 Å². The summed E-state index contributed by atoms with van der Waals surface area (Å²) in [4.78, 5) is 29.5. The van der Waals surface area contributed by atoms with Crippen molar-refractivity contribution in [1.82, 2.24) is 0 Å². The first-order valence-electron chi connectivity index (χ1n) is 12.3. The maximum absolute atomic E-state index is 14.1. The second-order valence-electron chi connectivity index (χ2n) is 9.60. The van der Waals surface area contributed by atoms with Crippen molar-refractivity contribution in [2.75, 3.05) is 4.90 Å². The highest BCUT2D eigenvalue weighted by molar-refractivity contribution is 6.23. The molecule has 1 aliphatic carbocycles. The third kappa shape index (κ3) is 3.07. The number of furan rings is 1. The normalized spacial score (nSPS) is 23.5. The predicted octanol–water partition coefficient (Wildman–Crippen LogP) is 6.83. The monoisotopic (exact) mass is 469 g/mol. The van der Waals surface area contributed by atoms with Gasteiger partial charge in [-0.3, -0.25) is 9.59 Å². The zero-order chi connectivity index (χ0) is 24.2. The summed E-state index contributed by atoms with van der Waals surface area (Å²) >= 11 is 0. The average molecular weight is 470 g/mol. The molecule has 4 atom stereocenters. The van der Waals surface area contributed by atoms with Crippen LogP contribution in [0, 0.1) is 11.8 Å². The fraction of sp³-hybridized carbons (Fsp3) is 0.125. The molecule has 0 N–H and O–H groups in total. The van der Waals surface area contributed by atoms with Crippen LogP contribution in [0.15, 0.2) is 120 Å². The van der Waals surface area contributed by atoms with E-state index in [4.69, 9.17) is 4.42 Å². The SMILES string of the molecule is O=C1[C@@H]2[C@H](C(=O)N1c1ccc3c(c1)oc1ccccc13)[C@@H](c1ccccc1)C=C[C@@H]2c1ccccc1. The van der Waals surface area contributed by atoms with Gasteiger partial charge in [0.15, 0.2) is 0 Å². The largest absolute Gasteiger partial charge is 0.456 e. The number of carbonyl (C=O) groups is 2. The summed E-state index contributed by atoms with van der Waals surface area (Å²) in [5, 5.41) is 1.99. The second kappa shape index (κ2) is 8.06. The van der Waals surface area contributed by atoms with Gasteiger partial charge in [-0.2, -0.15) is 0 Å². The number of nitrogens with zero attached hydrogens (tertiary/aromatic N) is 1. The van der Waals surface area contributed by atoms with E-state index in [0.29, 0.717) is 11.3 Å². The third-order valence-electron chi connectivity index (χ3n) is 7.69. The number of benzene rings is 4. The number of anilines is 1. The van der Waals surface area contributed by atoms with Crippen LogP contribution < -0.4 is 4.90 Å².